The van der Waals surface area contributed by atoms with Gasteiger partial charge in [-0.05, 0) is 31.7 Å². The summed E-state index contributed by atoms with van der Waals surface area (Å²) < 4.78 is 8.08. The van der Waals surface area contributed by atoms with Crippen LogP contribution in [0.4, 0.5) is 0 Å². The van der Waals surface area contributed by atoms with Crippen molar-refractivity contribution in [1.29, 1.82) is 0 Å². The van der Waals surface area contributed by atoms with Crippen LogP contribution in [0.25, 0.3) is 21.9 Å². The zero-order chi connectivity index (χ0) is 18.5. The number of imidazole rings is 1. The fourth-order valence-corrected chi connectivity index (χ4v) is 4.43. The molecule has 0 bridgehead atoms. The van der Waals surface area contributed by atoms with E-state index in [2.05, 4.69) is 49.9 Å². The van der Waals surface area contributed by atoms with Crippen molar-refractivity contribution in [3.63, 3.8) is 0 Å². The number of nitrogens with one attached hydrogen (secondary N) is 2. The molecule has 2 fully saturated rings. The molecule has 0 atom stereocenters. The van der Waals surface area contributed by atoms with E-state index in [1.54, 1.807) is 0 Å². The molecule has 144 valence electrons. The second kappa shape index (κ2) is 6.46. The summed E-state index contributed by atoms with van der Waals surface area (Å²) in [6.45, 7) is 2.33. The third kappa shape index (κ3) is 2.73. The van der Waals surface area contributed by atoms with Gasteiger partial charge in [0.05, 0.1) is 23.8 Å². The van der Waals surface area contributed by atoms with E-state index in [-0.39, 0.29) is 0 Å². The number of ether oxygens (including phenoxy) is 1. The lowest BCUT2D eigenvalue weighted by Crippen LogP contribution is -2.37. The molecule has 28 heavy (non-hydrogen) atoms. The molecule has 1 aliphatic carbocycles. The molecule has 2 N–H and O–H groups in total. The highest BCUT2D eigenvalue weighted by molar-refractivity contribution is 6.02. The van der Waals surface area contributed by atoms with Crippen LogP contribution in [0, 0.1) is 5.92 Å². The van der Waals surface area contributed by atoms with Crippen LogP contribution in [0.2, 0.25) is 0 Å². The number of aromatic nitrogens is 3. The van der Waals surface area contributed by atoms with Gasteiger partial charge in [-0.15, -0.1) is 5.53 Å². The Morgan fingerprint density at radius 2 is 1.93 bits per heavy atom. The number of pyridine rings is 1. The third-order valence-corrected chi connectivity index (χ3v) is 6.02. The van der Waals surface area contributed by atoms with E-state index in [1.165, 1.54) is 29.4 Å². The van der Waals surface area contributed by atoms with E-state index in [0.717, 1.165) is 42.9 Å². The lowest BCUT2D eigenvalue weighted by Gasteiger charge is -2.27. The molecule has 1 aromatic carbocycles. The molecule has 1 saturated carbocycles. The first-order valence-corrected chi connectivity index (χ1v) is 10.2. The summed E-state index contributed by atoms with van der Waals surface area (Å²) in [6, 6.07) is 8.77. The second-order valence-electron chi connectivity index (χ2n) is 7.97. The highest BCUT2D eigenvalue weighted by Gasteiger charge is 2.30. The molecule has 7 nitrogen and oxygen atoms in total. The number of nitrogens with zero attached hydrogens (tertiary/aromatic N) is 4. The highest BCUT2D eigenvalue weighted by Crippen LogP contribution is 2.36. The molecule has 2 aromatic heterocycles. The zero-order valence-electron chi connectivity index (χ0n) is 15.8. The number of fused-ring (bicyclic) bond motifs is 3. The first kappa shape index (κ1) is 16.3. The molecule has 7 heteroatoms. The van der Waals surface area contributed by atoms with E-state index in [1.807, 2.05) is 12.3 Å². The Morgan fingerprint density at radius 1 is 1.07 bits per heavy atom. The Labute approximate surface area is 163 Å². The highest BCUT2D eigenvalue weighted by atomic mass is 16.5. The molecule has 3 aromatic rings. The van der Waals surface area contributed by atoms with Gasteiger partial charge in [-0.3, -0.25) is 9.99 Å². The van der Waals surface area contributed by atoms with Crippen molar-refractivity contribution in [2.45, 2.75) is 38.3 Å². The van der Waals surface area contributed by atoms with E-state index in [0.29, 0.717) is 18.5 Å². The summed E-state index contributed by atoms with van der Waals surface area (Å²) in [5.74, 6) is 1.77. The monoisotopic (exact) mass is 376 g/mol. The van der Waals surface area contributed by atoms with Crippen LogP contribution >= 0.6 is 0 Å². The smallest absolute Gasteiger partial charge is 0.131 e. The van der Waals surface area contributed by atoms with E-state index in [4.69, 9.17) is 9.72 Å². The van der Waals surface area contributed by atoms with E-state index < -0.39 is 0 Å². The largest absolute Gasteiger partial charge is 0.381 e. The van der Waals surface area contributed by atoms with Gasteiger partial charge in [0.15, 0.2) is 0 Å². The minimum absolute atomic E-state index is 0.405. The molecule has 3 aliphatic rings. The molecule has 6 rings (SSSR count). The number of hydrogen-bond acceptors (Lipinski definition) is 6. The first-order valence-electron chi connectivity index (χ1n) is 10.2. The number of rotatable bonds is 4. The lowest BCUT2D eigenvalue weighted by molar-refractivity contribution is 0.0692. The fraction of sp³-hybridized carbons (Fsp3) is 0.429. The minimum Gasteiger partial charge on any atom is -0.381 e. The van der Waals surface area contributed by atoms with Crippen molar-refractivity contribution >= 4 is 21.9 Å². The van der Waals surface area contributed by atoms with Crippen molar-refractivity contribution in [1.82, 2.24) is 30.5 Å². The van der Waals surface area contributed by atoms with Gasteiger partial charge in [-0.2, -0.15) is 0 Å². The molecule has 0 amide bonds. The van der Waals surface area contributed by atoms with Crippen molar-refractivity contribution in [3.05, 3.63) is 48.2 Å². The van der Waals surface area contributed by atoms with Crippen LogP contribution in [-0.4, -0.2) is 32.8 Å². The first-order chi connectivity index (χ1) is 13.9. The normalized spacial score (nSPS) is 20.7. The summed E-state index contributed by atoms with van der Waals surface area (Å²) >= 11 is 0. The van der Waals surface area contributed by atoms with Gasteiger partial charge >= 0.3 is 0 Å². The van der Waals surface area contributed by atoms with Gasteiger partial charge in [0.2, 0.25) is 0 Å². The Bertz CT molecular complexity index is 1060. The Kier molecular flexibility index (Phi) is 3.77. The number of allylic oxidation sites excluding steroid dienone is 1. The topological polar surface area (TPSA) is 67.2 Å². The van der Waals surface area contributed by atoms with Crippen LogP contribution in [0.15, 0.2) is 42.4 Å². The van der Waals surface area contributed by atoms with Crippen LogP contribution in [-0.2, 0) is 11.3 Å². The summed E-state index contributed by atoms with van der Waals surface area (Å²) in [6.07, 6.45) is 8.72. The maximum Gasteiger partial charge on any atom is 0.131 e. The van der Waals surface area contributed by atoms with Crippen molar-refractivity contribution in [2.75, 3.05) is 13.2 Å². The Hall–Kier alpha value is -2.64. The van der Waals surface area contributed by atoms with Crippen LogP contribution in [0.1, 0.15) is 37.5 Å². The molecule has 2 aliphatic heterocycles. The van der Waals surface area contributed by atoms with Crippen LogP contribution in [0.5, 0.6) is 0 Å². The summed E-state index contributed by atoms with van der Waals surface area (Å²) in [7, 11) is 0. The quantitative estimate of drug-likeness (QED) is 0.730. The number of para-hydroxylation sites is 1. The average Bonchev–Trinajstić information content (AvgIpc) is 3.37. The number of hydrazine groups is 2. The zero-order valence-corrected chi connectivity index (χ0v) is 15.8. The lowest BCUT2D eigenvalue weighted by atomic mass is 10.1. The van der Waals surface area contributed by atoms with Gasteiger partial charge in [0, 0.05) is 42.5 Å². The fourth-order valence-electron chi connectivity index (χ4n) is 4.43. The molecular weight excluding hydrogens is 352 g/mol. The van der Waals surface area contributed by atoms with Gasteiger partial charge < -0.3 is 14.7 Å². The van der Waals surface area contributed by atoms with Gasteiger partial charge in [0.25, 0.3) is 0 Å². The van der Waals surface area contributed by atoms with E-state index >= 15 is 0 Å². The SMILES string of the molecule is C1=C(C2CC2)NNN1Cc1nc2cnc3ccccc3c2n1C1CCOCC1. The van der Waals surface area contributed by atoms with E-state index in [9.17, 15) is 0 Å². The van der Waals surface area contributed by atoms with Crippen molar-refractivity contribution in [3.8, 4) is 0 Å². The minimum atomic E-state index is 0.405. The Balaban J connectivity index is 1.46. The van der Waals surface area contributed by atoms with Crippen LogP contribution in [0.3, 0.4) is 0 Å². The maximum absolute atomic E-state index is 5.63. The molecule has 1 saturated heterocycles. The molecule has 4 heterocycles. The van der Waals surface area contributed by atoms with Gasteiger partial charge in [-0.25, -0.2) is 4.98 Å². The molecule has 0 radical (unpaired) electrons. The third-order valence-electron chi connectivity index (χ3n) is 6.02. The predicted octanol–water partition coefficient (Wildman–Crippen LogP) is 3.01. The maximum atomic E-state index is 5.63. The van der Waals surface area contributed by atoms with Crippen molar-refractivity contribution in [2.24, 2.45) is 5.92 Å². The number of hydrogen-bond donors (Lipinski definition) is 2. The van der Waals surface area contributed by atoms with Gasteiger partial charge in [-0.1, -0.05) is 18.2 Å². The predicted molar refractivity (Wildman–Crippen MR) is 107 cm³/mol. The van der Waals surface area contributed by atoms with Gasteiger partial charge in [0.1, 0.15) is 11.3 Å². The summed E-state index contributed by atoms with van der Waals surface area (Å²) in [4.78, 5) is 9.64. The number of benzene rings is 1. The average molecular weight is 376 g/mol. The molecular formula is C21H24N6O. The summed E-state index contributed by atoms with van der Waals surface area (Å²) in [5, 5.41) is 3.28. The Morgan fingerprint density at radius 3 is 2.79 bits per heavy atom. The van der Waals surface area contributed by atoms with Crippen molar-refractivity contribution < 1.29 is 4.74 Å². The molecule has 0 unspecified atom stereocenters. The molecule has 0 spiro atoms. The second-order valence-corrected chi connectivity index (χ2v) is 7.97. The standard InChI is InChI=1S/C21H24N6O/c1-2-4-17-16(3-1)21-18(11-22-17)23-20(27(21)15-7-9-28-10-8-15)13-26-12-19(24-25-26)14-5-6-14/h1-4,11-12,14-15,24-25H,5-10,13H2. The van der Waals surface area contributed by atoms with Crippen LogP contribution < -0.4 is 11.0 Å². The summed E-state index contributed by atoms with van der Waals surface area (Å²) in [5.41, 5.74) is 11.1.